The van der Waals surface area contributed by atoms with Crippen LogP contribution in [0.1, 0.15) is 35.1 Å². The molecule has 0 bridgehead atoms. The molecule has 0 aliphatic carbocycles. The van der Waals surface area contributed by atoms with Gasteiger partial charge in [-0.05, 0) is 54.1 Å². The zero-order chi connectivity index (χ0) is 28.0. The molecule has 3 heterocycles. The normalized spacial score (nSPS) is 13.6. The molecule has 1 saturated heterocycles. The summed E-state index contributed by atoms with van der Waals surface area (Å²) >= 11 is 0. The standard InChI is InChI=1S/C33H30N4O4/c1-24(38)40-23-33-34-30-4-2-3-5-31(30)37(33)22-29-20-32(41-35-29)28-14-12-26(13-15-28)7-6-25-8-10-27(11-9-25)21-36-16-18-39-19-17-36/h2-5,8-15,20H,16-19,21-23H2,1H3. The van der Waals surface area contributed by atoms with Crippen LogP contribution >= 0.6 is 0 Å². The molecule has 206 valence electrons. The van der Waals surface area contributed by atoms with Crippen LogP contribution in [0.15, 0.2) is 83.4 Å². The number of benzene rings is 3. The molecule has 0 amide bonds. The van der Waals surface area contributed by atoms with Crippen LogP contribution in [0.4, 0.5) is 0 Å². The summed E-state index contributed by atoms with van der Waals surface area (Å²) in [7, 11) is 0. The van der Waals surface area contributed by atoms with Crippen molar-refractivity contribution >= 4 is 17.0 Å². The van der Waals surface area contributed by atoms with Crippen LogP contribution in [0.3, 0.4) is 0 Å². The number of morpholine rings is 1. The molecule has 0 atom stereocenters. The summed E-state index contributed by atoms with van der Waals surface area (Å²) in [6, 6.07) is 26.1. The third-order valence-electron chi connectivity index (χ3n) is 7.00. The maximum atomic E-state index is 11.4. The summed E-state index contributed by atoms with van der Waals surface area (Å²) in [4.78, 5) is 18.4. The van der Waals surface area contributed by atoms with Crippen molar-refractivity contribution in [2.24, 2.45) is 0 Å². The number of ether oxygens (including phenoxy) is 2. The Bertz CT molecular complexity index is 1700. The van der Waals surface area contributed by atoms with Crippen LogP contribution in [0, 0.1) is 11.8 Å². The molecular weight excluding hydrogens is 516 g/mol. The van der Waals surface area contributed by atoms with Crippen molar-refractivity contribution in [3.05, 3.63) is 107 Å². The lowest BCUT2D eigenvalue weighted by atomic mass is 10.1. The lowest BCUT2D eigenvalue weighted by molar-refractivity contribution is -0.142. The first-order valence-corrected chi connectivity index (χ1v) is 13.7. The molecular formula is C33H30N4O4. The molecule has 0 N–H and O–H groups in total. The lowest BCUT2D eigenvalue weighted by Crippen LogP contribution is -2.35. The molecule has 5 aromatic rings. The number of nitrogens with zero attached hydrogens (tertiary/aromatic N) is 4. The van der Waals surface area contributed by atoms with E-state index in [1.165, 1.54) is 12.5 Å². The van der Waals surface area contributed by atoms with E-state index >= 15 is 0 Å². The number of carbonyl (C=O) groups excluding carboxylic acids is 1. The van der Waals surface area contributed by atoms with Gasteiger partial charge in [0.15, 0.2) is 5.76 Å². The highest BCUT2D eigenvalue weighted by molar-refractivity contribution is 5.76. The van der Waals surface area contributed by atoms with Gasteiger partial charge in [0.25, 0.3) is 0 Å². The fourth-order valence-corrected chi connectivity index (χ4v) is 4.84. The quantitative estimate of drug-likeness (QED) is 0.209. The number of hydrogen-bond acceptors (Lipinski definition) is 7. The minimum Gasteiger partial charge on any atom is -0.458 e. The van der Waals surface area contributed by atoms with Gasteiger partial charge in [-0.2, -0.15) is 0 Å². The van der Waals surface area contributed by atoms with E-state index in [-0.39, 0.29) is 12.6 Å². The Morgan fingerprint density at radius 1 is 0.927 bits per heavy atom. The highest BCUT2D eigenvalue weighted by Crippen LogP contribution is 2.23. The van der Waals surface area contributed by atoms with Crippen molar-refractivity contribution in [2.75, 3.05) is 26.3 Å². The second kappa shape index (κ2) is 12.2. The Balaban J connectivity index is 1.12. The predicted octanol–water partition coefficient (Wildman–Crippen LogP) is 5.03. The van der Waals surface area contributed by atoms with E-state index in [0.717, 1.165) is 66.3 Å². The maximum Gasteiger partial charge on any atom is 0.303 e. The second-order valence-corrected chi connectivity index (χ2v) is 9.98. The minimum absolute atomic E-state index is 0.0931. The van der Waals surface area contributed by atoms with Crippen LogP contribution in [0.2, 0.25) is 0 Å². The number of hydrogen-bond donors (Lipinski definition) is 0. The number of rotatable bonds is 7. The fourth-order valence-electron chi connectivity index (χ4n) is 4.84. The van der Waals surface area contributed by atoms with Gasteiger partial charge in [-0.1, -0.05) is 41.3 Å². The van der Waals surface area contributed by atoms with E-state index in [0.29, 0.717) is 18.1 Å². The third-order valence-corrected chi connectivity index (χ3v) is 7.00. The van der Waals surface area contributed by atoms with Crippen LogP contribution in [-0.2, 0) is 34.0 Å². The molecule has 0 saturated carbocycles. The Morgan fingerprint density at radius 3 is 2.37 bits per heavy atom. The molecule has 2 aromatic heterocycles. The first kappa shape index (κ1) is 26.5. The molecule has 1 aliphatic rings. The Kier molecular flexibility index (Phi) is 7.90. The highest BCUT2D eigenvalue weighted by Gasteiger charge is 2.15. The van der Waals surface area contributed by atoms with E-state index in [1.807, 2.05) is 59.2 Å². The summed E-state index contributed by atoms with van der Waals surface area (Å²) in [5.74, 6) is 7.48. The largest absolute Gasteiger partial charge is 0.458 e. The van der Waals surface area contributed by atoms with Gasteiger partial charge < -0.3 is 18.6 Å². The monoisotopic (exact) mass is 546 g/mol. The van der Waals surface area contributed by atoms with Crippen molar-refractivity contribution in [3.63, 3.8) is 0 Å². The SMILES string of the molecule is CC(=O)OCc1nc2ccccc2n1Cc1cc(-c2ccc(C#Cc3ccc(CN4CCOCC4)cc3)cc2)on1. The van der Waals surface area contributed by atoms with Crippen LogP contribution in [-0.4, -0.2) is 51.9 Å². The van der Waals surface area contributed by atoms with E-state index in [9.17, 15) is 4.79 Å². The summed E-state index contributed by atoms with van der Waals surface area (Å²) in [5.41, 5.74) is 6.62. The van der Waals surface area contributed by atoms with Gasteiger partial charge in [0.05, 0.1) is 30.8 Å². The molecule has 0 unspecified atom stereocenters. The maximum absolute atomic E-state index is 11.4. The molecule has 8 heteroatoms. The van der Waals surface area contributed by atoms with Crippen molar-refractivity contribution < 1.29 is 18.8 Å². The van der Waals surface area contributed by atoms with Gasteiger partial charge in [-0.15, -0.1) is 0 Å². The summed E-state index contributed by atoms with van der Waals surface area (Å²) < 4.78 is 18.3. The summed E-state index contributed by atoms with van der Waals surface area (Å²) in [6.45, 7) is 6.44. The average Bonchev–Trinajstić information content (AvgIpc) is 3.61. The minimum atomic E-state index is -0.349. The van der Waals surface area contributed by atoms with Gasteiger partial charge in [-0.25, -0.2) is 4.98 Å². The molecule has 3 aromatic carbocycles. The Morgan fingerprint density at radius 2 is 1.63 bits per heavy atom. The van der Waals surface area contributed by atoms with E-state index in [1.54, 1.807) is 0 Å². The van der Waals surface area contributed by atoms with Crippen LogP contribution < -0.4 is 0 Å². The van der Waals surface area contributed by atoms with Crippen LogP contribution in [0.5, 0.6) is 0 Å². The lowest BCUT2D eigenvalue weighted by Gasteiger charge is -2.26. The Hall–Kier alpha value is -4.71. The van der Waals surface area contributed by atoms with Crippen LogP contribution in [0.25, 0.3) is 22.4 Å². The number of carbonyl (C=O) groups is 1. The number of aromatic nitrogens is 3. The van der Waals surface area contributed by atoms with E-state index in [4.69, 9.17) is 14.0 Å². The number of fused-ring (bicyclic) bond motifs is 1. The molecule has 0 radical (unpaired) electrons. The van der Waals surface area contributed by atoms with Gasteiger partial charge in [0.1, 0.15) is 18.1 Å². The summed E-state index contributed by atoms with van der Waals surface area (Å²) in [6.07, 6.45) is 0. The van der Waals surface area contributed by atoms with Crippen molar-refractivity contribution in [1.29, 1.82) is 0 Å². The smallest absolute Gasteiger partial charge is 0.303 e. The summed E-state index contributed by atoms with van der Waals surface area (Å²) in [5, 5.41) is 4.28. The molecule has 1 aliphatic heterocycles. The fraction of sp³-hybridized carbons (Fsp3) is 0.242. The topological polar surface area (TPSA) is 82.6 Å². The number of esters is 1. The molecule has 0 spiro atoms. The van der Waals surface area contributed by atoms with Crippen molar-refractivity contribution in [2.45, 2.75) is 26.6 Å². The van der Waals surface area contributed by atoms with Gasteiger partial charge in [0, 0.05) is 49.3 Å². The van der Waals surface area contributed by atoms with Gasteiger partial charge >= 0.3 is 5.97 Å². The number of imidazole rings is 1. The third kappa shape index (κ3) is 6.55. The molecule has 41 heavy (non-hydrogen) atoms. The first-order chi connectivity index (χ1) is 20.1. The zero-order valence-electron chi connectivity index (χ0n) is 22.9. The van der Waals surface area contributed by atoms with E-state index in [2.05, 4.69) is 51.1 Å². The predicted molar refractivity (Wildman–Crippen MR) is 155 cm³/mol. The number of para-hydroxylation sites is 2. The highest BCUT2D eigenvalue weighted by atomic mass is 16.5. The zero-order valence-corrected chi connectivity index (χ0v) is 22.9. The molecule has 8 nitrogen and oxygen atoms in total. The molecule has 1 fully saturated rings. The Labute approximate surface area is 238 Å². The average molecular weight is 547 g/mol. The second-order valence-electron chi connectivity index (χ2n) is 9.98. The van der Waals surface area contributed by atoms with Crippen molar-refractivity contribution in [3.8, 4) is 23.2 Å². The van der Waals surface area contributed by atoms with Gasteiger partial charge in [-0.3, -0.25) is 9.69 Å². The molecule has 6 rings (SSSR count). The van der Waals surface area contributed by atoms with Gasteiger partial charge in [0.2, 0.25) is 0 Å². The first-order valence-electron chi connectivity index (χ1n) is 13.7. The van der Waals surface area contributed by atoms with E-state index < -0.39 is 0 Å². The van der Waals surface area contributed by atoms with Crippen molar-refractivity contribution in [1.82, 2.24) is 19.6 Å².